The highest BCUT2D eigenvalue weighted by Gasteiger charge is 2.09. The molecule has 5 nitrogen and oxygen atoms in total. The van der Waals surface area contributed by atoms with E-state index in [0.29, 0.717) is 5.69 Å². The minimum absolute atomic E-state index is 0.403. The highest BCUT2D eigenvalue weighted by molar-refractivity contribution is 5.25. The summed E-state index contributed by atoms with van der Waals surface area (Å²) in [6.45, 7) is 0. The normalized spacial score (nSPS) is 12.3. The summed E-state index contributed by atoms with van der Waals surface area (Å²) in [5.41, 5.74) is 6.17. The Morgan fingerprint density at radius 1 is 1.06 bits per heavy atom. The first kappa shape index (κ1) is 10.4. The molecule has 16 heavy (non-hydrogen) atoms. The first-order valence-electron chi connectivity index (χ1n) is 4.81. The first-order valence-corrected chi connectivity index (χ1v) is 4.81. The van der Waals surface area contributed by atoms with Crippen molar-refractivity contribution in [1.29, 1.82) is 0 Å². The molecule has 0 saturated heterocycles. The van der Waals surface area contributed by atoms with Gasteiger partial charge in [0.25, 0.3) is 5.56 Å². The van der Waals surface area contributed by atoms with Crippen molar-refractivity contribution >= 4 is 0 Å². The minimum atomic E-state index is -0.547. The van der Waals surface area contributed by atoms with Gasteiger partial charge in [0.05, 0.1) is 6.04 Å². The van der Waals surface area contributed by atoms with E-state index in [1.165, 1.54) is 6.07 Å². The van der Waals surface area contributed by atoms with Crippen LogP contribution in [-0.2, 0) is 0 Å². The van der Waals surface area contributed by atoms with Crippen LogP contribution < -0.4 is 17.0 Å². The van der Waals surface area contributed by atoms with Gasteiger partial charge in [-0.05, 0) is 5.56 Å². The largest absolute Gasteiger partial charge is 0.325 e. The Bertz CT molecular complexity index is 558. The lowest BCUT2D eigenvalue weighted by Crippen LogP contribution is -2.26. The predicted octanol–water partition coefficient (Wildman–Crippen LogP) is 0.111. The molecule has 1 unspecified atom stereocenters. The number of benzene rings is 1. The first-order chi connectivity index (χ1) is 7.66. The lowest BCUT2D eigenvalue weighted by Gasteiger charge is -2.10. The quantitative estimate of drug-likeness (QED) is 0.666. The maximum Gasteiger partial charge on any atom is 0.325 e. The molecule has 1 aromatic carbocycles. The number of aromatic nitrogens is 2. The lowest BCUT2D eigenvalue weighted by molar-refractivity contribution is 0.801. The van der Waals surface area contributed by atoms with Crippen molar-refractivity contribution in [2.75, 3.05) is 0 Å². The van der Waals surface area contributed by atoms with Crippen LogP contribution in [0.3, 0.4) is 0 Å². The smallest absolute Gasteiger partial charge is 0.319 e. The van der Waals surface area contributed by atoms with Crippen LogP contribution in [0, 0.1) is 0 Å². The van der Waals surface area contributed by atoms with E-state index < -0.39 is 17.3 Å². The molecule has 1 heterocycles. The van der Waals surface area contributed by atoms with Crippen molar-refractivity contribution in [2.24, 2.45) is 5.73 Å². The fourth-order valence-electron chi connectivity index (χ4n) is 1.50. The monoisotopic (exact) mass is 217 g/mol. The Hall–Kier alpha value is -2.14. The van der Waals surface area contributed by atoms with Crippen molar-refractivity contribution in [1.82, 2.24) is 9.97 Å². The van der Waals surface area contributed by atoms with Crippen LogP contribution in [0.25, 0.3) is 0 Å². The van der Waals surface area contributed by atoms with Gasteiger partial charge in [-0.15, -0.1) is 0 Å². The summed E-state index contributed by atoms with van der Waals surface area (Å²) in [6, 6.07) is 10.0. The van der Waals surface area contributed by atoms with Crippen molar-refractivity contribution in [3.63, 3.8) is 0 Å². The van der Waals surface area contributed by atoms with E-state index in [2.05, 4.69) is 9.97 Å². The second-order valence-corrected chi connectivity index (χ2v) is 3.43. The van der Waals surface area contributed by atoms with Gasteiger partial charge in [0.2, 0.25) is 0 Å². The van der Waals surface area contributed by atoms with Gasteiger partial charge in [-0.3, -0.25) is 9.78 Å². The Balaban J connectivity index is 2.45. The van der Waals surface area contributed by atoms with Crippen LogP contribution >= 0.6 is 0 Å². The Kier molecular flexibility index (Phi) is 2.70. The van der Waals surface area contributed by atoms with E-state index in [-0.39, 0.29) is 0 Å². The van der Waals surface area contributed by atoms with Gasteiger partial charge in [-0.2, -0.15) is 0 Å². The zero-order chi connectivity index (χ0) is 11.5. The van der Waals surface area contributed by atoms with E-state index in [1.54, 1.807) is 0 Å². The summed E-state index contributed by atoms with van der Waals surface area (Å²) in [6.07, 6.45) is 0. The number of nitrogens with one attached hydrogen (secondary N) is 2. The average Bonchev–Trinajstić information content (AvgIpc) is 2.28. The van der Waals surface area contributed by atoms with Crippen LogP contribution in [0.5, 0.6) is 0 Å². The molecule has 0 fully saturated rings. The maximum absolute atomic E-state index is 11.1. The average molecular weight is 217 g/mol. The fraction of sp³-hybridized carbons (Fsp3) is 0.0909. The number of aromatic amines is 2. The van der Waals surface area contributed by atoms with Crippen molar-refractivity contribution in [2.45, 2.75) is 6.04 Å². The highest BCUT2D eigenvalue weighted by atomic mass is 16.2. The van der Waals surface area contributed by atoms with Crippen LogP contribution in [-0.4, -0.2) is 9.97 Å². The molecule has 0 radical (unpaired) electrons. The molecule has 0 aliphatic rings. The van der Waals surface area contributed by atoms with Gasteiger partial charge < -0.3 is 10.7 Å². The van der Waals surface area contributed by atoms with Crippen molar-refractivity contribution < 1.29 is 0 Å². The number of hydrogen-bond donors (Lipinski definition) is 3. The van der Waals surface area contributed by atoms with Gasteiger partial charge in [0, 0.05) is 11.8 Å². The number of nitrogens with two attached hydrogens (primary N) is 1. The number of rotatable bonds is 2. The van der Waals surface area contributed by atoms with Crippen LogP contribution in [0.1, 0.15) is 17.3 Å². The van der Waals surface area contributed by atoms with Crippen molar-refractivity contribution in [3.05, 3.63) is 68.5 Å². The molecular weight excluding hydrogens is 206 g/mol. The molecule has 0 aliphatic carbocycles. The summed E-state index contributed by atoms with van der Waals surface area (Å²) < 4.78 is 0. The Morgan fingerprint density at radius 3 is 2.38 bits per heavy atom. The van der Waals surface area contributed by atoms with Gasteiger partial charge in [0.15, 0.2) is 0 Å². The Morgan fingerprint density at radius 2 is 1.75 bits per heavy atom. The zero-order valence-electron chi connectivity index (χ0n) is 8.44. The molecule has 0 spiro atoms. The van der Waals surface area contributed by atoms with E-state index in [0.717, 1.165) is 5.56 Å². The molecule has 2 rings (SSSR count). The third-order valence-corrected chi connectivity index (χ3v) is 2.27. The summed E-state index contributed by atoms with van der Waals surface area (Å²) in [5.74, 6) is 0. The van der Waals surface area contributed by atoms with Crippen LogP contribution in [0.2, 0.25) is 0 Å². The second-order valence-electron chi connectivity index (χ2n) is 3.43. The third-order valence-electron chi connectivity index (χ3n) is 2.27. The SMILES string of the molecule is NC(c1ccccc1)c1cc(=O)[nH]c(=O)[nH]1. The maximum atomic E-state index is 11.1. The van der Waals surface area contributed by atoms with Gasteiger partial charge >= 0.3 is 5.69 Å². The molecular formula is C11H11N3O2. The van der Waals surface area contributed by atoms with Crippen molar-refractivity contribution in [3.8, 4) is 0 Å². The van der Waals surface area contributed by atoms with E-state index in [9.17, 15) is 9.59 Å². The molecule has 4 N–H and O–H groups in total. The summed E-state index contributed by atoms with van der Waals surface area (Å²) in [4.78, 5) is 26.8. The van der Waals surface area contributed by atoms with Gasteiger partial charge in [0.1, 0.15) is 0 Å². The van der Waals surface area contributed by atoms with Gasteiger partial charge in [-0.25, -0.2) is 4.79 Å². The molecule has 0 saturated carbocycles. The number of H-pyrrole nitrogens is 2. The molecule has 1 aromatic heterocycles. The second kappa shape index (κ2) is 4.16. The fourth-order valence-corrected chi connectivity index (χ4v) is 1.50. The predicted molar refractivity (Wildman–Crippen MR) is 60.2 cm³/mol. The summed E-state index contributed by atoms with van der Waals surface area (Å²) >= 11 is 0. The Labute approximate surface area is 91.0 Å². The zero-order valence-corrected chi connectivity index (χ0v) is 8.44. The molecule has 0 amide bonds. The van der Waals surface area contributed by atoms with Crippen LogP contribution in [0.15, 0.2) is 46.0 Å². The number of hydrogen-bond acceptors (Lipinski definition) is 3. The third kappa shape index (κ3) is 2.09. The molecule has 82 valence electrons. The molecule has 0 bridgehead atoms. The van der Waals surface area contributed by atoms with Crippen LogP contribution in [0.4, 0.5) is 0 Å². The highest BCUT2D eigenvalue weighted by Crippen LogP contribution is 2.14. The van der Waals surface area contributed by atoms with E-state index in [4.69, 9.17) is 5.73 Å². The molecule has 1 atom stereocenters. The van der Waals surface area contributed by atoms with E-state index in [1.807, 2.05) is 30.3 Å². The molecule has 0 aliphatic heterocycles. The summed E-state index contributed by atoms with van der Waals surface area (Å²) in [5, 5.41) is 0. The minimum Gasteiger partial charge on any atom is -0.319 e. The van der Waals surface area contributed by atoms with E-state index >= 15 is 0 Å². The molecule has 5 heteroatoms. The topological polar surface area (TPSA) is 91.7 Å². The standard InChI is InChI=1S/C11H11N3O2/c12-10(7-4-2-1-3-5-7)8-6-9(15)14-11(16)13-8/h1-6,10H,12H2,(H2,13,14,15,16). The van der Waals surface area contributed by atoms with Gasteiger partial charge in [-0.1, -0.05) is 30.3 Å². The molecule has 2 aromatic rings. The summed E-state index contributed by atoms with van der Waals surface area (Å²) in [7, 11) is 0. The lowest BCUT2D eigenvalue weighted by atomic mass is 10.1.